The SMILES string of the molecule is CC(=O)O[C@@H]1[C@H]2CC[C@H]3[C@@](C)(O)[C@@H]4C[C@H](O)C(C)(C)[C@@]4(O)[C@H](O)C[C@@]13C=C2C. The first kappa shape index (κ1) is 20.3. The van der Waals surface area contributed by atoms with Crippen molar-refractivity contribution in [2.45, 2.75) is 89.8 Å². The number of aliphatic hydroxyl groups excluding tert-OH is 2. The second-order valence-corrected chi connectivity index (χ2v) is 10.6. The van der Waals surface area contributed by atoms with Crippen LogP contribution in [-0.2, 0) is 9.53 Å². The molecule has 4 rings (SSSR count). The second kappa shape index (κ2) is 5.81. The summed E-state index contributed by atoms with van der Waals surface area (Å²) in [5.74, 6) is -1.25. The fourth-order valence-corrected chi connectivity index (χ4v) is 7.54. The van der Waals surface area contributed by atoms with Crippen LogP contribution in [-0.4, -0.2) is 55.9 Å². The highest BCUT2D eigenvalue weighted by Crippen LogP contribution is 2.68. The summed E-state index contributed by atoms with van der Waals surface area (Å²) < 4.78 is 5.79. The number of rotatable bonds is 1. The van der Waals surface area contributed by atoms with Crippen molar-refractivity contribution in [1.82, 2.24) is 0 Å². The van der Waals surface area contributed by atoms with E-state index in [1.807, 2.05) is 6.92 Å². The predicted octanol–water partition coefficient (Wildman–Crippen LogP) is 1.54. The molecule has 4 aliphatic carbocycles. The number of hydrogen-bond donors (Lipinski definition) is 4. The van der Waals surface area contributed by atoms with Crippen molar-refractivity contribution in [2.24, 2.45) is 28.6 Å². The average molecular weight is 395 g/mol. The molecule has 28 heavy (non-hydrogen) atoms. The fraction of sp³-hybridized carbons (Fsp3) is 0.864. The minimum Gasteiger partial charge on any atom is -0.461 e. The molecule has 0 aliphatic heterocycles. The van der Waals surface area contributed by atoms with Crippen LogP contribution in [0.4, 0.5) is 0 Å². The lowest BCUT2D eigenvalue weighted by atomic mass is 9.57. The van der Waals surface area contributed by atoms with Gasteiger partial charge in [0.2, 0.25) is 0 Å². The Morgan fingerprint density at radius 1 is 1.11 bits per heavy atom. The lowest BCUT2D eigenvalue weighted by Gasteiger charge is -2.52. The topological polar surface area (TPSA) is 107 Å². The van der Waals surface area contributed by atoms with Gasteiger partial charge in [-0.15, -0.1) is 0 Å². The molecule has 2 bridgehead atoms. The Kier molecular flexibility index (Phi) is 4.22. The van der Waals surface area contributed by atoms with Gasteiger partial charge in [0.05, 0.1) is 17.8 Å². The molecule has 4 N–H and O–H groups in total. The maximum Gasteiger partial charge on any atom is 0.302 e. The molecule has 0 aromatic heterocycles. The van der Waals surface area contributed by atoms with Crippen LogP contribution in [0.5, 0.6) is 0 Å². The molecule has 0 radical (unpaired) electrons. The minimum atomic E-state index is -1.64. The molecule has 4 aliphatic rings. The maximum absolute atomic E-state index is 11.9. The summed E-state index contributed by atoms with van der Waals surface area (Å²) in [7, 11) is 0. The highest BCUT2D eigenvalue weighted by atomic mass is 16.5. The summed E-state index contributed by atoms with van der Waals surface area (Å²) in [4.78, 5) is 11.9. The molecule has 0 saturated heterocycles. The van der Waals surface area contributed by atoms with Crippen LogP contribution in [0.1, 0.15) is 60.3 Å². The van der Waals surface area contributed by atoms with Crippen LogP contribution in [0, 0.1) is 28.6 Å². The number of esters is 1. The van der Waals surface area contributed by atoms with Gasteiger partial charge in [0.1, 0.15) is 11.7 Å². The Hall–Kier alpha value is -0.950. The quantitative estimate of drug-likeness (QED) is 0.397. The molecule has 0 aromatic rings. The molecular weight excluding hydrogens is 360 g/mol. The lowest BCUT2D eigenvalue weighted by molar-refractivity contribution is -0.201. The van der Waals surface area contributed by atoms with Crippen molar-refractivity contribution in [3.63, 3.8) is 0 Å². The van der Waals surface area contributed by atoms with Gasteiger partial charge in [-0.25, -0.2) is 0 Å². The summed E-state index contributed by atoms with van der Waals surface area (Å²) in [5.41, 5.74) is -3.54. The molecule has 6 heteroatoms. The third-order valence-electron chi connectivity index (χ3n) is 9.01. The highest BCUT2D eigenvalue weighted by Gasteiger charge is 2.74. The first-order chi connectivity index (χ1) is 12.8. The zero-order chi connectivity index (χ0) is 20.9. The van der Waals surface area contributed by atoms with Gasteiger partial charge in [-0.2, -0.15) is 0 Å². The van der Waals surface area contributed by atoms with Gasteiger partial charge in [0.15, 0.2) is 0 Å². The van der Waals surface area contributed by atoms with Crippen molar-refractivity contribution >= 4 is 5.97 Å². The van der Waals surface area contributed by atoms with Gasteiger partial charge in [-0.1, -0.05) is 25.5 Å². The lowest BCUT2D eigenvalue weighted by Crippen LogP contribution is -2.60. The normalized spacial score (nSPS) is 54.4. The van der Waals surface area contributed by atoms with Crippen LogP contribution in [0.25, 0.3) is 0 Å². The molecular formula is C22H34O6. The standard InChI is InChI=1S/C22H34O6/c1-11-9-21-10-17(25)22(27)15(8-16(24)19(22,3)4)20(5,26)14(21)7-6-13(11)18(21)28-12(2)23/h9,13-18,24-27H,6-8,10H2,1-5H3/t13-,14-,15-,16-,17+,18+,20+,21+,22-/m0/s1. The van der Waals surface area contributed by atoms with Crippen LogP contribution in [0.3, 0.4) is 0 Å². The third-order valence-corrected chi connectivity index (χ3v) is 9.01. The highest BCUT2D eigenvalue weighted by molar-refractivity contribution is 5.66. The number of fused-ring (bicyclic) bond motifs is 2. The van der Waals surface area contributed by atoms with Gasteiger partial charge in [0, 0.05) is 35.5 Å². The number of carbonyl (C=O) groups is 1. The van der Waals surface area contributed by atoms with E-state index in [2.05, 4.69) is 6.08 Å². The monoisotopic (exact) mass is 394 g/mol. The molecule has 3 fully saturated rings. The minimum absolute atomic E-state index is 0.0781. The van der Waals surface area contributed by atoms with E-state index in [1.165, 1.54) is 6.92 Å². The van der Waals surface area contributed by atoms with Gasteiger partial charge in [-0.05, 0) is 39.5 Å². The fourth-order valence-electron chi connectivity index (χ4n) is 7.54. The largest absolute Gasteiger partial charge is 0.461 e. The number of ether oxygens (including phenoxy) is 1. The first-order valence-electron chi connectivity index (χ1n) is 10.5. The van der Waals surface area contributed by atoms with Crippen molar-refractivity contribution in [1.29, 1.82) is 0 Å². The zero-order valence-corrected chi connectivity index (χ0v) is 17.5. The number of aliphatic hydroxyl groups is 4. The molecule has 1 spiro atoms. The molecule has 0 heterocycles. The third kappa shape index (κ3) is 2.21. The molecule has 0 aromatic carbocycles. The Morgan fingerprint density at radius 3 is 2.36 bits per heavy atom. The van der Waals surface area contributed by atoms with E-state index >= 15 is 0 Å². The Morgan fingerprint density at radius 2 is 1.75 bits per heavy atom. The van der Waals surface area contributed by atoms with Crippen LogP contribution < -0.4 is 0 Å². The molecule has 0 unspecified atom stereocenters. The summed E-state index contributed by atoms with van der Waals surface area (Å²) in [6.07, 6.45) is 1.61. The number of hydrogen-bond acceptors (Lipinski definition) is 6. The first-order valence-corrected chi connectivity index (χ1v) is 10.5. The van der Waals surface area contributed by atoms with Gasteiger partial charge in [0.25, 0.3) is 0 Å². The van der Waals surface area contributed by atoms with Crippen LogP contribution in [0.15, 0.2) is 11.6 Å². The van der Waals surface area contributed by atoms with E-state index in [4.69, 9.17) is 4.74 Å². The Bertz CT molecular complexity index is 727. The maximum atomic E-state index is 11.9. The van der Waals surface area contributed by atoms with Gasteiger partial charge in [-0.3, -0.25) is 4.79 Å². The van der Waals surface area contributed by atoms with Crippen molar-refractivity contribution < 1.29 is 30.0 Å². The molecule has 9 atom stereocenters. The summed E-state index contributed by atoms with van der Waals surface area (Å²) in [5, 5.41) is 45.7. The second-order valence-electron chi connectivity index (χ2n) is 10.6. The summed E-state index contributed by atoms with van der Waals surface area (Å²) in [6.45, 7) is 8.65. The molecule has 0 amide bonds. The van der Waals surface area contributed by atoms with E-state index < -0.39 is 46.3 Å². The Labute approximate surface area is 166 Å². The van der Waals surface area contributed by atoms with Crippen LogP contribution in [0.2, 0.25) is 0 Å². The van der Waals surface area contributed by atoms with E-state index in [9.17, 15) is 25.2 Å². The van der Waals surface area contributed by atoms with Crippen LogP contribution >= 0.6 is 0 Å². The molecule has 3 saturated carbocycles. The van der Waals surface area contributed by atoms with E-state index in [-0.39, 0.29) is 30.6 Å². The summed E-state index contributed by atoms with van der Waals surface area (Å²) in [6, 6.07) is 0. The van der Waals surface area contributed by atoms with Crippen molar-refractivity contribution in [3.8, 4) is 0 Å². The molecule has 6 nitrogen and oxygen atoms in total. The van der Waals surface area contributed by atoms with E-state index in [1.54, 1.807) is 20.8 Å². The van der Waals surface area contributed by atoms with E-state index in [0.717, 1.165) is 18.4 Å². The smallest absolute Gasteiger partial charge is 0.302 e. The zero-order valence-electron chi connectivity index (χ0n) is 17.5. The van der Waals surface area contributed by atoms with Gasteiger partial charge < -0.3 is 25.2 Å². The average Bonchev–Trinajstić information content (AvgIpc) is 2.82. The number of carbonyl (C=O) groups excluding carboxylic acids is 1. The van der Waals surface area contributed by atoms with Crippen molar-refractivity contribution in [3.05, 3.63) is 11.6 Å². The van der Waals surface area contributed by atoms with Gasteiger partial charge >= 0.3 is 5.97 Å². The Balaban J connectivity index is 1.90. The van der Waals surface area contributed by atoms with Crippen molar-refractivity contribution in [2.75, 3.05) is 0 Å². The predicted molar refractivity (Wildman–Crippen MR) is 102 cm³/mol. The summed E-state index contributed by atoms with van der Waals surface area (Å²) >= 11 is 0. The molecule has 158 valence electrons. The van der Waals surface area contributed by atoms with E-state index in [0.29, 0.717) is 0 Å².